The van der Waals surface area contributed by atoms with Crippen molar-refractivity contribution in [3.8, 4) is 0 Å². The molecule has 0 radical (unpaired) electrons. The number of benzene rings is 2. The van der Waals surface area contributed by atoms with Gasteiger partial charge < -0.3 is 15.4 Å². The molecule has 4 nitrogen and oxygen atoms in total. The van der Waals surface area contributed by atoms with E-state index < -0.39 is 0 Å². The Hall–Kier alpha value is -1.60. The number of hydrogen-bond acceptors (Lipinski definition) is 2. The number of ether oxygens (including phenoxy) is 1. The van der Waals surface area contributed by atoms with E-state index in [1.165, 1.54) is 16.7 Å². The Labute approximate surface area is 180 Å². The predicted octanol–water partition coefficient (Wildman–Crippen LogP) is 4.32. The number of nitrogens with zero attached hydrogens (tertiary/aromatic N) is 1. The minimum Gasteiger partial charge on any atom is -0.381 e. The molecule has 0 saturated carbocycles. The van der Waals surface area contributed by atoms with E-state index in [-0.39, 0.29) is 24.0 Å². The average Bonchev–Trinajstić information content (AvgIpc) is 2.68. The van der Waals surface area contributed by atoms with Crippen LogP contribution < -0.4 is 10.6 Å². The van der Waals surface area contributed by atoms with Gasteiger partial charge in [0.1, 0.15) is 0 Å². The molecule has 0 atom stereocenters. The van der Waals surface area contributed by atoms with Crippen molar-refractivity contribution in [3.63, 3.8) is 0 Å². The van der Waals surface area contributed by atoms with Crippen molar-refractivity contribution in [2.24, 2.45) is 4.99 Å². The fourth-order valence-electron chi connectivity index (χ4n) is 2.59. The lowest BCUT2D eigenvalue weighted by Gasteiger charge is -2.12. The summed E-state index contributed by atoms with van der Waals surface area (Å²) in [5.41, 5.74) is 3.87. The summed E-state index contributed by atoms with van der Waals surface area (Å²) in [6, 6.07) is 19.0. The summed E-state index contributed by atoms with van der Waals surface area (Å²) in [5.74, 6) is 0.843. The Morgan fingerprint density at radius 1 is 0.889 bits per heavy atom. The maximum Gasteiger partial charge on any atom is 0.191 e. The molecule has 5 heteroatoms. The number of guanidine groups is 1. The van der Waals surface area contributed by atoms with Crippen molar-refractivity contribution in [1.82, 2.24) is 10.6 Å². The van der Waals surface area contributed by atoms with Crippen molar-refractivity contribution in [2.75, 3.05) is 26.8 Å². The number of hydrogen-bond donors (Lipinski definition) is 2. The highest BCUT2D eigenvalue weighted by Gasteiger charge is 1.98. The Balaban J connectivity index is 0.00000364. The van der Waals surface area contributed by atoms with Gasteiger partial charge in [-0.25, -0.2) is 0 Å². The monoisotopic (exact) mass is 481 g/mol. The molecular formula is C22H32IN3O. The summed E-state index contributed by atoms with van der Waals surface area (Å²) in [5, 5.41) is 6.69. The Bertz CT molecular complexity index is 644. The van der Waals surface area contributed by atoms with E-state index in [0.717, 1.165) is 51.5 Å². The number of aryl methyl sites for hydroxylation is 1. The zero-order valence-corrected chi connectivity index (χ0v) is 18.7. The summed E-state index contributed by atoms with van der Waals surface area (Å²) >= 11 is 0. The molecule has 0 fully saturated rings. The lowest BCUT2D eigenvalue weighted by molar-refractivity contribution is 0.133. The molecule has 0 spiro atoms. The van der Waals surface area contributed by atoms with Gasteiger partial charge in [0.05, 0.1) is 6.61 Å². The van der Waals surface area contributed by atoms with Crippen LogP contribution in [0.25, 0.3) is 0 Å². The summed E-state index contributed by atoms with van der Waals surface area (Å²) in [6.45, 7) is 5.38. The molecule has 27 heavy (non-hydrogen) atoms. The molecule has 0 aliphatic heterocycles. The maximum atomic E-state index is 5.71. The highest BCUT2D eigenvalue weighted by atomic mass is 127. The summed E-state index contributed by atoms with van der Waals surface area (Å²) in [7, 11) is 1.80. The van der Waals surface area contributed by atoms with Crippen molar-refractivity contribution in [3.05, 3.63) is 71.3 Å². The molecular weight excluding hydrogens is 449 g/mol. The quantitative estimate of drug-likeness (QED) is 0.230. The third kappa shape index (κ3) is 10.3. The number of nitrogens with one attached hydrogen (secondary N) is 2. The van der Waals surface area contributed by atoms with Gasteiger partial charge in [-0.15, -0.1) is 24.0 Å². The van der Waals surface area contributed by atoms with Crippen LogP contribution in [-0.2, 0) is 17.7 Å². The SMILES string of the molecule is CN=C(NCCCCOCCc1ccccc1)NCc1ccc(C)cc1.I. The van der Waals surface area contributed by atoms with E-state index in [4.69, 9.17) is 4.74 Å². The summed E-state index contributed by atoms with van der Waals surface area (Å²) < 4.78 is 5.71. The summed E-state index contributed by atoms with van der Waals surface area (Å²) in [6.07, 6.45) is 3.10. The summed E-state index contributed by atoms with van der Waals surface area (Å²) in [4.78, 5) is 4.26. The average molecular weight is 481 g/mol. The molecule has 0 aromatic heterocycles. The maximum absolute atomic E-state index is 5.71. The van der Waals surface area contributed by atoms with E-state index >= 15 is 0 Å². The fraction of sp³-hybridized carbons (Fsp3) is 0.409. The van der Waals surface area contributed by atoms with Crippen molar-refractivity contribution < 1.29 is 4.74 Å². The van der Waals surface area contributed by atoms with Gasteiger partial charge in [0.2, 0.25) is 0 Å². The molecule has 2 rings (SSSR count). The topological polar surface area (TPSA) is 45.7 Å². The molecule has 0 saturated heterocycles. The van der Waals surface area contributed by atoms with Crippen molar-refractivity contribution in [1.29, 1.82) is 0 Å². The second-order valence-corrected chi connectivity index (χ2v) is 6.39. The molecule has 2 aromatic carbocycles. The van der Waals surface area contributed by atoms with Crippen LogP contribution >= 0.6 is 24.0 Å². The fourth-order valence-corrected chi connectivity index (χ4v) is 2.59. The Morgan fingerprint density at radius 2 is 1.63 bits per heavy atom. The first-order valence-electron chi connectivity index (χ1n) is 9.39. The molecule has 0 aliphatic rings. The highest BCUT2D eigenvalue weighted by molar-refractivity contribution is 14.0. The number of rotatable bonds is 10. The minimum atomic E-state index is 0. The van der Waals surface area contributed by atoms with Gasteiger partial charge in [-0.05, 0) is 37.3 Å². The van der Waals surface area contributed by atoms with Crippen LogP contribution in [0.4, 0.5) is 0 Å². The molecule has 0 heterocycles. The smallest absolute Gasteiger partial charge is 0.191 e. The van der Waals surface area contributed by atoms with E-state index in [0.29, 0.717) is 0 Å². The van der Waals surface area contributed by atoms with Gasteiger partial charge in [-0.3, -0.25) is 4.99 Å². The van der Waals surface area contributed by atoms with E-state index in [1.807, 2.05) is 6.07 Å². The third-order valence-electron chi connectivity index (χ3n) is 4.19. The zero-order chi connectivity index (χ0) is 18.5. The molecule has 2 N–H and O–H groups in total. The third-order valence-corrected chi connectivity index (χ3v) is 4.19. The number of aliphatic imine (C=N–C) groups is 1. The first kappa shape index (κ1) is 23.4. The molecule has 0 bridgehead atoms. The molecule has 0 unspecified atom stereocenters. The molecule has 0 aliphatic carbocycles. The van der Waals surface area contributed by atoms with Crippen molar-refractivity contribution >= 4 is 29.9 Å². The Morgan fingerprint density at radius 3 is 2.33 bits per heavy atom. The lowest BCUT2D eigenvalue weighted by Crippen LogP contribution is -2.37. The lowest BCUT2D eigenvalue weighted by atomic mass is 10.1. The van der Waals surface area contributed by atoms with Crippen LogP contribution in [0.3, 0.4) is 0 Å². The second-order valence-electron chi connectivity index (χ2n) is 6.39. The first-order chi connectivity index (χ1) is 12.8. The van der Waals surface area contributed by atoms with Gasteiger partial charge >= 0.3 is 0 Å². The van der Waals surface area contributed by atoms with Crippen LogP contribution in [0.1, 0.15) is 29.5 Å². The van der Waals surface area contributed by atoms with Crippen LogP contribution in [0.5, 0.6) is 0 Å². The van der Waals surface area contributed by atoms with Gasteiger partial charge in [0.25, 0.3) is 0 Å². The van der Waals surface area contributed by atoms with Crippen LogP contribution in [0, 0.1) is 6.92 Å². The van der Waals surface area contributed by atoms with E-state index in [1.54, 1.807) is 7.05 Å². The molecule has 0 amide bonds. The molecule has 148 valence electrons. The standard InChI is InChI=1S/C22H31N3O.HI/c1-19-10-12-21(13-11-19)18-25-22(23-2)24-15-6-7-16-26-17-14-20-8-4-3-5-9-20;/h3-5,8-13H,6-7,14-18H2,1-2H3,(H2,23,24,25);1H. The van der Waals surface area contributed by atoms with Gasteiger partial charge in [-0.1, -0.05) is 60.2 Å². The van der Waals surface area contributed by atoms with E-state index in [2.05, 4.69) is 71.1 Å². The van der Waals surface area contributed by atoms with Gasteiger partial charge in [0.15, 0.2) is 5.96 Å². The largest absolute Gasteiger partial charge is 0.381 e. The van der Waals surface area contributed by atoms with Crippen LogP contribution in [-0.4, -0.2) is 32.8 Å². The van der Waals surface area contributed by atoms with Gasteiger partial charge in [-0.2, -0.15) is 0 Å². The number of unbranched alkanes of at least 4 members (excludes halogenated alkanes) is 1. The molecule has 2 aromatic rings. The van der Waals surface area contributed by atoms with Crippen LogP contribution in [0.15, 0.2) is 59.6 Å². The second kappa shape index (κ2) is 14.5. The number of halogens is 1. The van der Waals surface area contributed by atoms with Crippen LogP contribution in [0.2, 0.25) is 0 Å². The predicted molar refractivity (Wildman–Crippen MR) is 125 cm³/mol. The Kier molecular flexibility index (Phi) is 12.6. The van der Waals surface area contributed by atoms with Crippen molar-refractivity contribution in [2.45, 2.75) is 32.7 Å². The van der Waals surface area contributed by atoms with Gasteiger partial charge in [0, 0.05) is 26.7 Å². The normalized spacial score (nSPS) is 11.0. The van der Waals surface area contributed by atoms with E-state index in [9.17, 15) is 0 Å². The minimum absolute atomic E-state index is 0. The zero-order valence-electron chi connectivity index (χ0n) is 16.4. The first-order valence-corrected chi connectivity index (χ1v) is 9.39. The highest BCUT2D eigenvalue weighted by Crippen LogP contribution is 2.02.